The molecule has 0 amide bonds. The van der Waals surface area contributed by atoms with Gasteiger partial charge in [-0.25, -0.2) is 0 Å². The monoisotopic (exact) mass is 275 g/mol. The van der Waals surface area contributed by atoms with Crippen molar-refractivity contribution < 1.29 is 0 Å². The van der Waals surface area contributed by atoms with E-state index in [9.17, 15) is 0 Å². The average Bonchev–Trinajstić information content (AvgIpc) is 2.24. The molecule has 0 unspecified atom stereocenters. The van der Waals surface area contributed by atoms with Crippen molar-refractivity contribution in [3.05, 3.63) is 63.6 Å². The molecule has 0 aliphatic heterocycles. The van der Waals surface area contributed by atoms with Crippen molar-refractivity contribution in [3.63, 3.8) is 0 Å². The molecule has 0 aliphatic carbocycles. The van der Waals surface area contributed by atoms with Gasteiger partial charge in [0.2, 0.25) is 0 Å². The second-order valence-electron chi connectivity index (χ2n) is 3.99. The summed E-state index contributed by atoms with van der Waals surface area (Å²) in [5.41, 5.74) is 10.5. The topological polar surface area (TPSA) is 26.0 Å². The Kier molecular flexibility index (Phi) is 3.30. The Hall–Kier alpha value is -1.28. The molecule has 1 nitrogen and oxygen atoms in total. The van der Waals surface area contributed by atoms with Gasteiger partial charge in [0, 0.05) is 10.2 Å². The third-order valence-electron chi connectivity index (χ3n) is 2.66. The lowest BCUT2D eigenvalue weighted by atomic mass is 10.0. The van der Waals surface area contributed by atoms with Crippen LogP contribution in [0.3, 0.4) is 0 Å². The molecule has 0 saturated heterocycles. The third kappa shape index (κ3) is 2.64. The first-order valence-electron chi connectivity index (χ1n) is 5.24. The summed E-state index contributed by atoms with van der Waals surface area (Å²) in [7, 11) is 0. The molecule has 0 spiro atoms. The summed E-state index contributed by atoms with van der Waals surface area (Å²) >= 11 is 3.50. The van der Waals surface area contributed by atoms with Crippen LogP contribution in [0.2, 0.25) is 0 Å². The van der Waals surface area contributed by atoms with E-state index in [1.807, 2.05) is 18.2 Å². The first-order valence-corrected chi connectivity index (χ1v) is 6.04. The molecule has 0 aromatic heterocycles. The molecule has 0 saturated carbocycles. The zero-order valence-electron chi connectivity index (χ0n) is 9.20. The molecule has 2 aromatic rings. The number of anilines is 1. The van der Waals surface area contributed by atoms with E-state index in [4.69, 9.17) is 5.73 Å². The molecule has 2 N–H and O–H groups in total. The summed E-state index contributed by atoms with van der Waals surface area (Å²) in [5, 5.41) is 0. The van der Waals surface area contributed by atoms with Crippen molar-refractivity contribution in [1.82, 2.24) is 0 Å². The van der Waals surface area contributed by atoms with Crippen molar-refractivity contribution in [3.8, 4) is 0 Å². The predicted octanol–water partition coefficient (Wildman–Crippen LogP) is 3.93. The third-order valence-corrected chi connectivity index (χ3v) is 3.15. The Morgan fingerprint density at radius 1 is 1.12 bits per heavy atom. The van der Waals surface area contributed by atoms with E-state index in [1.54, 1.807) is 0 Å². The van der Waals surface area contributed by atoms with Crippen LogP contribution < -0.4 is 5.73 Å². The van der Waals surface area contributed by atoms with Gasteiger partial charge in [0.05, 0.1) is 0 Å². The van der Waals surface area contributed by atoms with Gasteiger partial charge in [0.1, 0.15) is 0 Å². The minimum atomic E-state index is 0.824. The van der Waals surface area contributed by atoms with Crippen molar-refractivity contribution in [2.75, 3.05) is 5.73 Å². The van der Waals surface area contributed by atoms with E-state index >= 15 is 0 Å². The summed E-state index contributed by atoms with van der Waals surface area (Å²) < 4.78 is 1.12. The quantitative estimate of drug-likeness (QED) is 0.826. The minimum Gasteiger partial charge on any atom is -0.399 e. The molecule has 16 heavy (non-hydrogen) atoms. The van der Waals surface area contributed by atoms with Gasteiger partial charge in [-0.3, -0.25) is 0 Å². The van der Waals surface area contributed by atoms with E-state index in [-0.39, 0.29) is 0 Å². The summed E-state index contributed by atoms with van der Waals surface area (Å²) in [6.45, 7) is 2.13. The number of aryl methyl sites for hydroxylation is 1. The molecule has 0 radical (unpaired) electrons. The molecular weight excluding hydrogens is 262 g/mol. The zero-order chi connectivity index (χ0) is 11.5. The lowest BCUT2D eigenvalue weighted by Gasteiger charge is -2.07. The van der Waals surface area contributed by atoms with Crippen molar-refractivity contribution in [2.45, 2.75) is 13.3 Å². The maximum Gasteiger partial charge on any atom is 0.0316 e. The van der Waals surface area contributed by atoms with Crippen LogP contribution in [-0.4, -0.2) is 0 Å². The van der Waals surface area contributed by atoms with Gasteiger partial charge in [-0.2, -0.15) is 0 Å². The Morgan fingerprint density at radius 3 is 2.69 bits per heavy atom. The van der Waals surface area contributed by atoms with Crippen LogP contribution >= 0.6 is 15.9 Å². The average molecular weight is 276 g/mol. The highest BCUT2D eigenvalue weighted by Crippen LogP contribution is 2.20. The van der Waals surface area contributed by atoms with Gasteiger partial charge >= 0.3 is 0 Å². The van der Waals surface area contributed by atoms with Crippen molar-refractivity contribution >= 4 is 21.6 Å². The van der Waals surface area contributed by atoms with Crippen LogP contribution in [0.15, 0.2) is 46.9 Å². The lowest BCUT2D eigenvalue weighted by Crippen LogP contribution is -1.93. The summed E-state index contributed by atoms with van der Waals surface area (Å²) in [5.74, 6) is 0. The van der Waals surface area contributed by atoms with E-state index in [0.717, 1.165) is 16.6 Å². The molecule has 0 aliphatic rings. The number of nitrogens with two attached hydrogens (primary N) is 1. The van der Waals surface area contributed by atoms with E-state index < -0.39 is 0 Å². The number of rotatable bonds is 2. The first-order chi connectivity index (χ1) is 7.65. The van der Waals surface area contributed by atoms with Crippen LogP contribution in [0.5, 0.6) is 0 Å². The minimum absolute atomic E-state index is 0.824. The maximum atomic E-state index is 5.77. The standard InChI is InChI=1S/C14H14BrN/c1-10-5-6-13(15)9-12(10)7-11-3-2-4-14(16)8-11/h2-6,8-9H,7,16H2,1H3. The molecule has 2 rings (SSSR count). The van der Waals surface area contributed by atoms with Crippen LogP contribution in [0.1, 0.15) is 16.7 Å². The highest BCUT2D eigenvalue weighted by molar-refractivity contribution is 9.10. The van der Waals surface area contributed by atoms with Gasteiger partial charge in [-0.05, 0) is 54.3 Å². The molecular formula is C14H14BrN. The fourth-order valence-corrected chi connectivity index (χ4v) is 2.16. The SMILES string of the molecule is Cc1ccc(Br)cc1Cc1cccc(N)c1. The fraction of sp³-hybridized carbons (Fsp3) is 0.143. The highest BCUT2D eigenvalue weighted by Gasteiger charge is 2.01. The number of benzene rings is 2. The smallest absolute Gasteiger partial charge is 0.0316 e. The first kappa shape index (κ1) is 11.2. The fourth-order valence-electron chi connectivity index (χ4n) is 1.75. The van der Waals surface area contributed by atoms with Gasteiger partial charge in [0.25, 0.3) is 0 Å². The van der Waals surface area contributed by atoms with Gasteiger partial charge in [-0.1, -0.05) is 34.1 Å². The number of halogens is 1. The van der Waals surface area contributed by atoms with Crippen LogP contribution in [0, 0.1) is 6.92 Å². The molecule has 2 aromatic carbocycles. The predicted molar refractivity (Wildman–Crippen MR) is 72.5 cm³/mol. The highest BCUT2D eigenvalue weighted by atomic mass is 79.9. The van der Waals surface area contributed by atoms with E-state index in [1.165, 1.54) is 16.7 Å². The summed E-state index contributed by atoms with van der Waals surface area (Å²) in [4.78, 5) is 0. The number of hydrogen-bond donors (Lipinski definition) is 1. The lowest BCUT2D eigenvalue weighted by molar-refractivity contribution is 1.15. The van der Waals surface area contributed by atoms with Crippen LogP contribution in [-0.2, 0) is 6.42 Å². The zero-order valence-corrected chi connectivity index (χ0v) is 10.8. The Morgan fingerprint density at radius 2 is 1.94 bits per heavy atom. The second-order valence-corrected chi connectivity index (χ2v) is 4.91. The normalized spacial score (nSPS) is 10.4. The van der Waals surface area contributed by atoms with Gasteiger partial charge in [0.15, 0.2) is 0 Å². The van der Waals surface area contributed by atoms with Gasteiger partial charge in [-0.15, -0.1) is 0 Å². The summed E-state index contributed by atoms with van der Waals surface area (Å²) in [6, 6.07) is 14.4. The molecule has 82 valence electrons. The number of hydrogen-bond acceptors (Lipinski definition) is 1. The largest absolute Gasteiger partial charge is 0.399 e. The molecule has 2 heteroatoms. The Bertz CT molecular complexity index is 506. The molecule has 0 fully saturated rings. The second kappa shape index (κ2) is 4.71. The van der Waals surface area contributed by atoms with Crippen LogP contribution in [0.4, 0.5) is 5.69 Å². The molecule has 0 bridgehead atoms. The Balaban J connectivity index is 2.30. The maximum absolute atomic E-state index is 5.77. The molecule has 0 atom stereocenters. The van der Waals surface area contributed by atoms with Gasteiger partial charge < -0.3 is 5.73 Å². The summed E-state index contributed by atoms with van der Waals surface area (Å²) in [6.07, 6.45) is 0.927. The van der Waals surface area contributed by atoms with E-state index in [0.29, 0.717) is 0 Å². The van der Waals surface area contributed by atoms with Crippen molar-refractivity contribution in [1.29, 1.82) is 0 Å². The van der Waals surface area contributed by atoms with Crippen molar-refractivity contribution in [2.24, 2.45) is 0 Å². The van der Waals surface area contributed by atoms with E-state index in [2.05, 4.69) is 47.1 Å². The Labute approximate surface area is 104 Å². The molecule has 0 heterocycles. The van der Waals surface area contributed by atoms with Crippen LogP contribution in [0.25, 0.3) is 0 Å². The number of nitrogen functional groups attached to an aromatic ring is 1.